The lowest BCUT2D eigenvalue weighted by Crippen LogP contribution is -2.19. The highest BCUT2D eigenvalue weighted by molar-refractivity contribution is 6.12. The quantitative estimate of drug-likeness (QED) is 0.471. The van der Waals surface area contributed by atoms with E-state index in [4.69, 9.17) is 0 Å². The number of alkyl halides is 3. The van der Waals surface area contributed by atoms with Crippen molar-refractivity contribution in [1.82, 2.24) is 5.00 Å². The third-order valence-electron chi connectivity index (χ3n) is 0.290. The van der Waals surface area contributed by atoms with Crippen molar-refractivity contribution in [3.05, 3.63) is 0 Å². The van der Waals surface area contributed by atoms with E-state index >= 15 is 0 Å². The summed E-state index contributed by atoms with van der Waals surface area (Å²) in [6, 6.07) is 0. The fourth-order valence-corrected chi connectivity index (χ4v) is 0.164. The second-order valence-electron chi connectivity index (χ2n) is 0.981. The number of hydrogen-bond donors (Lipinski definition) is 1. The molecule has 0 radical (unpaired) electrons. The predicted molar refractivity (Wildman–Crippen MR) is 21.0 cm³/mol. The van der Waals surface area contributed by atoms with E-state index in [2.05, 4.69) is 16.6 Å². The van der Waals surface area contributed by atoms with Crippen LogP contribution in [0.3, 0.4) is 0 Å². The lowest BCUT2D eigenvalue weighted by atomic mass is 10.7. The molecule has 0 rings (SSSR count). The standard InChI is InChI=1S/C2H3ClF3NO/c3-7-8-1-2(4,5)6/h7H,1H2. The van der Waals surface area contributed by atoms with Crippen LogP contribution < -0.4 is 5.00 Å². The average Bonchev–Trinajstić information content (AvgIpc) is 1.59. The van der Waals surface area contributed by atoms with Crippen LogP contribution in [0.15, 0.2) is 0 Å². The first-order valence-corrected chi connectivity index (χ1v) is 1.98. The monoisotopic (exact) mass is 149 g/mol. The molecule has 0 aromatic heterocycles. The van der Waals surface area contributed by atoms with Crippen molar-refractivity contribution in [1.29, 1.82) is 0 Å². The molecule has 0 spiro atoms. The predicted octanol–water partition coefficient (Wildman–Crippen LogP) is 1.22. The molecule has 50 valence electrons. The van der Waals surface area contributed by atoms with Crippen LogP contribution in [0.2, 0.25) is 0 Å². The number of halogens is 4. The van der Waals surface area contributed by atoms with Gasteiger partial charge in [0.1, 0.15) is 0 Å². The fraction of sp³-hybridized carbons (Fsp3) is 1.00. The first kappa shape index (κ1) is 8.00. The highest BCUT2D eigenvalue weighted by Crippen LogP contribution is 2.13. The van der Waals surface area contributed by atoms with Crippen molar-refractivity contribution >= 4 is 11.8 Å². The van der Waals surface area contributed by atoms with Gasteiger partial charge in [-0.05, 0) is 0 Å². The van der Waals surface area contributed by atoms with Gasteiger partial charge in [-0.2, -0.15) is 13.2 Å². The van der Waals surface area contributed by atoms with Gasteiger partial charge in [-0.25, -0.2) is 0 Å². The summed E-state index contributed by atoms with van der Waals surface area (Å²) >= 11 is 4.54. The van der Waals surface area contributed by atoms with Gasteiger partial charge in [-0.1, -0.05) is 0 Å². The summed E-state index contributed by atoms with van der Waals surface area (Å²) in [5.41, 5.74) is 0. The average molecular weight is 149 g/mol. The Hall–Kier alpha value is 0. The normalized spacial score (nSPS) is 12.0. The molecular weight excluding hydrogens is 146 g/mol. The summed E-state index contributed by atoms with van der Waals surface area (Å²) in [6.07, 6.45) is -4.32. The maximum Gasteiger partial charge on any atom is 0.413 e. The number of nitrogens with one attached hydrogen (secondary N) is 1. The van der Waals surface area contributed by atoms with Gasteiger partial charge in [0.25, 0.3) is 0 Å². The summed E-state index contributed by atoms with van der Waals surface area (Å²) in [5.74, 6) is 0. The molecule has 0 aromatic rings. The molecule has 0 bridgehead atoms. The van der Waals surface area contributed by atoms with Crippen LogP contribution in [0, 0.1) is 0 Å². The molecule has 6 heteroatoms. The first-order valence-electron chi connectivity index (χ1n) is 1.60. The molecule has 0 unspecified atom stereocenters. The molecule has 0 aliphatic rings. The Morgan fingerprint density at radius 3 is 2.12 bits per heavy atom. The molecule has 0 saturated carbocycles. The minimum atomic E-state index is -4.32. The Labute approximate surface area is 48.6 Å². The summed E-state index contributed by atoms with van der Waals surface area (Å²) in [7, 11) is 0. The Morgan fingerprint density at radius 1 is 1.50 bits per heavy atom. The summed E-state index contributed by atoms with van der Waals surface area (Å²) in [5, 5.41) is 0. The van der Waals surface area contributed by atoms with Gasteiger partial charge < -0.3 is 0 Å². The van der Waals surface area contributed by atoms with Gasteiger partial charge in [-0.3, -0.25) is 4.84 Å². The van der Waals surface area contributed by atoms with E-state index in [0.717, 1.165) is 0 Å². The van der Waals surface area contributed by atoms with Crippen LogP contribution in [-0.4, -0.2) is 12.8 Å². The molecule has 0 heterocycles. The minimum Gasteiger partial charge on any atom is -0.277 e. The maximum absolute atomic E-state index is 11.0. The van der Waals surface area contributed by atoms with Crippen LogP contribution >= 0.6 is 11.8 Å². The zero-order valence-electron chi connectivity index (χ0n) is 3.63. The third kappa shape index (κ3) is 6.00. The molecule has 1 N–H and O–H groups in total. The molecule has 0 aromatic carbocycles. The van der Waals surface area contributed by atoms with Crippen LogP contribution in [0.4, 0.5) is 13.2 Å². The number of hydrogen-bond acceptors (Lipinski definition) is 2. The molecular formula is C2H3ClF3NO. The largest absolute Gasteiger partial charge is 0.413 e. The van der Waals surface area contributed by atoms with Gasteiger partial charge in [0.2, 0.25) is 0 Å². The molecule has 0 atom stereocenters. The molecule has 0 fully saturated rings. The van der Waals surface area contributed by atoms with Crippen molar-refractivity contribution < 1.29 is 18.0 Å². The third-order valence-corrected chi connectivity index (χ3v) is 0.399. The van der Waals surface area contributed by atoms with E-state index in [1.807, 2.05) is 0 Å². The minimum absolute atomic E-state index is 1.38. The first-order chi connectivity index (χ1) is 3.56. The summed E-state index contributed by atoms with van der Waals surface area (Å²) < 4.78 is 33.1. The molecule has 0 saturated heterocycles. The SMILES string of the molecule is FC(F)(F)CONCl. The van der Waals surface area contributed by atoms with Gasteiger partial charge in [-0.15, -0.1) is 5.00 Å². The lowest BCUT2D eigenvalue weighted by molar-refractivity contribution is -0.181. The van der Waals surface area contributed by atoms with Gasteiger partial charge in [0.05, 0.1) is 0 Å². The molecule has 0 aliphatic heterocycles. The summed E-state index contributed by atoms with van der Waals surface area (Å²) in [4.78, 5) is 4.96. The highest BCUT2D eigenvalue weighted by atomic mass is 35.5. The van der Waals surface area contributed by atoms with E-state index in [1.54, 1.807) is 0 Å². The van der Waals surface area contributed by atoms with E-state index in [-0.39, 0.29) is 0 Å². The second-order valence-corrected chi connectivity index (χ2v) is 1.14. The fourth-order valence-electron chi connectivity index (χ4n) is 0.109. The highest BCUT2D eigenvalue weighted by Gasteiger charge is 2.27. The van der Waals surface area contributed by atoms with Crippen molar-refractivity contribution in [2.45, 2.75) is 6.18 Å². The van der Waals surface area contributed by atoms with Crippen LogP contribution in [0.1, 0.15) is 0 Å². The van der Waals surface area contributed by atoms with E-state index in [9.17, 15) is 13.2 Å². The Kier molecular flexibility index (Phi) is 3.11. The lowest BCUT2D eigenvalue weighted by Gasteiger charge is -2.02. The Morgan fingerprint density at radius 2 is 2.00 bits per heavy atom. The van der Waals surface area contributed by atoms with E-state index < -0.39 is 12.8 Å². The van der Waals surface area contributed by atoms with Crippen LogP contribution in [0.25, 0.3) is 0 Å². The van der Waals surface area contributed by atoms with Crippen molar-refractivity contribution in [3.8, 4) is 0 Å². The van der Waals surface area contributed by atoms with Crippen molar-refractivity contribution in [2.24, 2.45) is 0 Å². The summed E-state index contributed by atoms with van der Waals surface area (Å²) in [6.45, 7) is -1.38. The molecule has 0 aliphatic carbocycles. The molecule has 8 heavy (non-hydrogen) atoms. The maximum atomic E-state index is 11.0. The Bertz CT molecular complexity index is 64.8. The molecule has 2 nitrogen and oxygen atoms in total. The van der Waals surface area contributed by atoms with Gasteiger partial charge in [0, 0.05) is 11.8 Å². The van der Waals surface area contributed by atoms with Crippen molar-refractivity contribution in [2.75, 3.05) is 6.61 Å². The van der Waals surface area contributed by atoms with Crippen LogP contribution in [0.5, 0.6) is 0 Å². The van der Waals surface area contributed by atoms with E-state index in [1.165, 1.54) is 5.00 Å². The topological polar surface area (TPSA) is 21.3 Å². The Balaban J connectivity index is 3.11. The van der Waals surface area contributed by atoms with Gasteiger partial charge >= 0.3 is 6.18 Å². The van der Waals surface area contributed by atoms with Crippen molar-refractivity contribution in [3.63, 3.8) is 0 Å². The second kappa shape index (κ2) is 3.11. The van der Waals surface area contributed by atoms with Crippen LogP contribution in [-0.2, 0) is 4.84 Å². The zero-order valence-corrected chi connectivity index (χ0v) is 4.38. The van der Waals surface area contributed by atoms with Gasteiger partial charge in [0.15, 0.2) is 6.61 Å². The smallest absolute Gasteiger partial charge is 0.277 e. The molecule has 0 amide bonds. The number of rotatable bonds is 2. The zero-order chi connectivity index (χ0) is 6.62. The van der Waals surface area contributed by atoms with E-state index in [0.29, 0.717) is 0 Å².